The van der Waals surface area contributed by atoms with Crippen molar-refractivity contribution in [3.63, 3.8) is 0 Å². The van der Waals surface area contributed by atoms with Crippen LogP contribution in [-0.2, 0) is 0 Å². The number of aryl methyl sites for hydroxylation is 1. The zero-order chi connectivity index (χ0) is 20.4. The van der Waals surface area contributed by atoms with Gasteiger partial charge in [-0.15, -0.1) is 11.3 Å². The maximum Gasteiger partial charge on any atom is 0.266 e. The van der Waals surface area contributed by atoms with Crippen LogP contribution in [0, 0.1) is 24.4 Å². The van der Waals surface area contributed by atoms with Gasteiger partial charge in [-0.25, -0.2) is 13.2 Å². The monoisotopic (exact) mass is 424 g/mol. The minimum absolute atomic E-state index is 0.0397. The SMILES string of the molecule is Cc1cc(NC(=O)c2ccc(F)cc2Cl)sc1C(=O)Nc1ccc(F)c(F)c1. The van der Waals surface area contributed by atoms with Gasteiger partial charge in [0.25, 0.3) is 11.8 Å². The van der Waals surface area contributed by atoms with Crippen LogP contribution in [0.5, 0.6) is 0 Å². The van der Waals surface area contributed by atoms with Gasteiger partial charge in [0.15, 0.2) is 11.6 Å². The molecule has 28 heavy (non-hydrogen) atoms. The molecule has 2 amide bonds. The Morgan fingerprint density at radius 1 is 0.929 bits per heavy atom. The van der Waals surface area contributed by atoms with Crippen LogP contribution in [0.25, 0.3) is 0 Å². The number of anilines is 2. The van der Waals surface area contributed by atoms with E-state index < -0.39 is 29.3 Å². The highest BCUT2D eigenvalue weighted by Crippen LogP contribution is 2.29. The molecule has 3 aromatic rings. The highest BCUT2D eigenvalue weighted by Gasteiger charge is 2.17. The normalized spacial score (nSPS) is 10.6. The van der Waals surface area contributed by atoms with Crippen LogP contribution in [0.15, 0.2) is 42.5 Å². The van der Waals surface area contributed by atoms with E-state index >= 15 is 0 Å². The van der Waals surface area contributed by atoms with E-state index in [9.17, 15) is 22.8 Å². The van der Waals surface area contributed by atoms with E-state index in [1.807, 2.05) is 0 Å². The van der Waals surface area contributed by atoms with Crippen molar-refractivity contribution in [1.82, 2.24) is 0 Å². The molecule has 0 unspecified atom stereocenters. The van der Waals surface area contributed by atoms with Gasteiger partial charge in [-0.1, -0.05) is 11.6 Å². The molecule has 0 fully saturated rings. The maximum atomic E-state index is 13.3. The summed E-state index contributed by atoms with van der Waals surface area (Å²) in [5.41, 5.74) is 0.757. The van der Waals surface area contributed by atoms with Gasteiger partial charge in [0.2, 0.25) is 0 Å². The number of rotatable bonds is 4. The average molecular weight is 425 g/mol. The summed E-state index contributed by atoms with van der Waals surface area (Å²) >= 11 is 6.87. The smallest absolute Gasteiger partial charge is 0.266 e. The van der Waals surface area contributed by atoms with Gasteiger partial charge in [-0.2, -0.15) is 0 Å². The molecule has 144 valence electrons. The summed E-state index contributed by atoms with van der Waals surface area (Å²) in [6.45, 7) is 1.66. The molecular formula is C19H12ClF3N2O2S. The van der Waals surface area contributed by atoms with Gasteiger partial charge in [-0.3, -0.25) is 9.59 Å². The summed E-state index contributed by atoms with van der Waals surface area (Å²) in [7, 11) is 0. The molecule has 0 aliphatic carbocycles. The van der Waals surface area contributed by atoms with Crippen molar-refractivity contribution in [3.8, 4) is 0 Å². The fourth-order valence-corrected chi connectivity index (χ4v) is 3.60. The molecule has 2 aromatic carbocycles. The molecular weight excluding hydrogens is 413 g/mol. The van der Waals surface area contributed by atoms with Crippen molar-refractivity contribution >= 4 is 45.4 Å². The predicted octanol–water partition coefficient (Wildman–Crippen LogP) is 5.63. The van der Waals surface area contributed by atoms with Crippen molar-refractivity contribution in [2.24, 2.45) is 0 Å². The van der Waals surface area contributed by atoms with E-state index in [0.717, 1.165) is 35.6 Å². The van der Waals surface area contributed by atoms with Crippen LogP contribution in [0.4, 0.5) is 23.9 Å². The molecule has 0 aliphatic heterocycles. The lowest BCUT2D eigenvalue weighted by molar-refractivity contribution is 0.102. The fourth-order valence-electron chi connectivity index (χ4n) is 2.38. The van der Waals surface area contributed by atoms with E-state index in [2.05, 4.69) is 10.6 Å². The van der Waals surface area contributed by atoms with Gasteiger partial charge in [0.05, 0.1) is 20.5 Å². The summed E-state index contributed by atoms with van der Waals surface area (Å²) in [6, 6.07) is 7.99. The van der Waals surface area contributed by atoms with E-state index in [1.165, 1.54) is 12.1 Å². The Kier molecular flexibility index (Phi) is 5.71. The van der Waals surface area contributed by atoms with Crippen molar-refractivity contribution in [3.05, 3.63) is 80.9 Å². The molecule has 0 saturated carbocycles. The molecule has 4 nitrogen and oxygen atoms in total. The molecule has 0 bridgehead atoms. The van der Waals surface area contributed by atoms with Crippen LogP contribution in [0.2, 0.25) is 5.02 Å². The molecule has 0 radical (unpaired) electrons. The first-order valence-corrected chi connectivity index (χ1v) is 9.07. The lowest BCUT2D eigenvalue weighted by atomic mass is 10.2. The van der Waals surface area contributed by atoms with Crippen molar-refractivity contribution in [2.75, 3.05) is 10.6 Å². The van der Waals surface area contributed by atoms with Crippen molar-refractivity contribution in [2.45, 2.75) is 6.92 Å². The highest BCUT2D eigenvalue weighted by atomic mass is 35.5. The molecule has 0 saturated heterocycles. The molecule has 1 heterocycles. The summed E-state index contributed by atoms with van der Waals surface area (Å²) in [6.07, 6.45) is 0. The van der Waals surface area contributed by atoms with Gasteiger partial charge in [-0.05, 0) is 48.9 Å². The first-order chi connectivity index (χ1) is 13.2. The van der Waals surface area contributed by atoms with Gasteiger partial charge >= 0.3 is 0 Å². The second kappa shape index (κ2) is 8.04. The Hall–Kier alpha value is -2.84. The van der Waals surface area contributed by atoms with E-state index in [-0.39, 0.29) is 21.2 Å². The van der Waals surface area contributed by atoms with Crippen molar-refractivity contribution in [1.29, 1.82) is 0 Å². The van der Waals surface area contributed by atoms with Gasteiger partial charge in [0.1, 0.15) is 5.82 Å². The minimum atomic E-state index is -1.08. The molecule has 0 aliphatic rings. The highest BCUT2D eigenvalue weighted by molar-refractivity contribution is 7.18. The molecule has 3 rings (SSSR count). The molecule has 0 spiro atoms. The molecule has 9 heteroatoms. The largest absolute Gasteiger partial charge is 0.321 e. The zero-order valence-electron chi connectivity index (χ0n) is 14.3. The summed E-state index contributed by atoms with van der Waals surface area (Å²) in [4.78, 5) is 25.0. The Bertz CT molecular complexity index is 1090. The summed E-state index contributed by atoms with van der Waals surface area (Å²) in [5.74, 6) is -3.75. The van der Waals surface area contributed by atoms with E-state index in [0.29, 0.717) is 10.6 Å². The molecule has 2 N–H and O–H groups in total. The first-order valence-electron chi connectivity index (χ1n) is 7.88. The third kappa shape index (κ3) is 4.35. The van der Waals surface area contributed by atoms with Crippen LogP contribution >= 0.6 is 22.9 Å². The van der Waals surface area contributed by atoms with Crippen LogP contribution in [0.1, 0.15) is 25.6 Å². The minimum Gasteiger partial charge on any atom is -0.321 e. The van der Waals surface area contributed by atoms with Gasteiger partial charge < -0.3 is 10.6 Å². The number of hydrogen-bond acceptors (Lipinski definition) is 3. The fraction of sp³-hybridized carbons (Fsp3) is 0.0526. The third-order valence-electron chi connectivity index (χ3n) is 3.71. The molecule has 0 atom stereocenters. The number of benzene rings is 2. The van der Waals surface area contributed by atoms with E-state index in [1.54, 1.807) is 13.0 Å². The maximum absolute atomic E-state index is 13.3. The zero-order valence-corrected chi connectivity index (χ0v) is 15.9. The lowest BCUT2D eigenvalue weighted by Gasteiger charge is -2.05. The number of thiophene rings is 1. The number of nitrogens with one attached hydrogen (secondary N) is 2. The Morgan fingerprint density at radius 2 is 1.68 bits per heavy atom. The lowest BCUT2D eigenvalue weighted by Crippen LogP contribution is -2.12. The predicted molar refractivity (Wildman–Crippen MR) is 103 cm³/mol. The van der Waals surface area contributed by atoms with Crippen molar-refractivity contribution < 1.29 is 22.8 Å². The summed E-state index contributed by atoms with van der Waals surface area (Å²) < 4.78 is 39.4. The second-order valence-electron chi connectivity index (χ2n) is 5.78. The summed E-state index contributed by atoms with van der Waals surface area (Å²) in [5, 5.41) is 5.40. The standard InChI is InChI=1S/C19H12ClF3N2O2S/c1-9-6-16(25-18(26)12-4-2-10(21)7-13(12)20)28-17(9)19(27)24-11-3-5-14(22)15(23)8-11/h2-8H,1H3,(H,24,27)(H,25,26). The Labute approximate surface area is 167 Å². The number of hydrogen-bond donors (Lipinski definition) is 2. The number of halogens is 4. The van der Waals surface area contributed by atoms with Crippen LogP contribution < -0.4 is 10.6 Å². The molecule has 1 aromatic heterocycles. The number of carbonyl (C=O) groups is 2. The average Bonchev–Trinajstić information content (AvgIpc) is 2.98. The second-order valence-corrected chi connectivity index (χ2v) is 7.24. The Morgan fingerprint density at radius 3 is 2.36 bits per heavy atom. The topological polar surface area (TPSA) is 58.2 Å². The van der Waals surface area contributed by atoms with E-state index in [4.69, 9.17) is 11.6 Å². The van der Waals surface area contributed by atoms with Crippen LogP contribution in [0.3, 0.4) is 0 Å². The number of carbonyl (C=O) groups excluding carboxylic acids is 2. The quantitative estimate of drug-likeness (QED) is 0.570. The Balaban J connectivity index is 1.75. The number of amides is 2. The third-order valence-corrected chi connectivity index (χ3v) is 5.18. The first kappa shape index (κ1) is 19.9. The van der Waals surface area contributed by atoms with Gasteiger partial charge in [0, 0.05) is 11.8 Å². The van der Waals surface area contributed by atoms with Crippen LogP contribution in [-0.4, -0.2) is 11.8 Å².